The van der Waals surface area contributed by atoms with E-state index in [9.17, 15) is 4.79 Å². The molecule has 0 aliphatic heterocycles. The number of benzene rings is 1. The number of primary amides is 1. The lowest BCUT2D eigenvalue weighted by Crippen LogP contribution is -2.07. The summed E-state index contributed by atoms with van der Waals surface area (Å²) >= 11 is 0. The second-order valence-electron chi connectivity index (χ2n) is 3.08. The van der Waals surface area contributed by atoms with E-state index >= 15 is 0 Å². The van der Waals surface area contributed by atoms with Crippen molar-refractivity contribution in [3.8, 4) is 5.75 Å². The molecule has 0 aliphatic carbocycles. The fourth-order valence-corrected chi connectivity index (χ4v) is 1.19. The van der Waals surface area contributed by atoms with Gasteiger partial charge in [-0.2, -0.15) is 0 Å². The molecule has 0 radical (unpaired) electrons. The van der Waals surface area contributed by atoms with Crippen molar-refractivity contribution < 1.29 is 9.53 Å². The van der Waals surface area contributed by atoms with Gasteiger partial charge < -0.3 is 10.5 Å². The fraction of sp³-hybridized carbons (Fsp3) is 0.250. The zero-order valence-electron chi connectivity index (χ0n) is 8.77. The van der Waals surface area contributed by atoms with Gasteiger partial charge in [0.2, 0.25) is 5.91 Å². The van der Waals surface area contributed by atoms with Crippen LogP contribution in [-0.4, -0.2) is 12.5 Å². The first-order chi connectivity index (χ1) is 7.22. The summed E-state index contributed by atoms with van der Waals surface area (Å²) in [6, 6.07) is 7.67. The monoisotopic (exact) mass is 205 g/mol. The van der Waals surface area contributed by atoms with Crippen molar-refractivity contribution in [1.82, 2.24) is 0 Å². The molecule has 0 spiro atoms. The van der Waals surface area contributed by atoms with Crippen molar-refractivity contribution in [2.75, 3.05) is 6.61 Å². The Morgan fingerprint density at radius 3 is 3.00 bits per heavy atom. The molecule has 1 rings (SSSR count). The predicted molar refractivity (Wildman–Crippen MR) is 60.5 cm³/mol. The van der Waals surface area contributed by atoms with Gasteiger partial charge in [-0.15, -0.1) is 0 Å². The van der Waals surface area contributed by atoms with Crippen LogP contribution in [0.25, 0.3) is 6.08 Å². The summed E-state index contributed by atoms with van der Waals surface area (Å²) in [4.78, 5) is 10.5. The third-order valence-electron chi connectivity index (χ3n) is 1.80. The number of ether oxygens (including phenoxy) is 1. The van der Waals surface area contributed by atoms with E-state index in [1.807, 2.05) is 37.3 Å². The molecule has 0 fully saturated rings. The lowest BCUT2D eigenvalue weighted by atomic mass is 10.2. The predicted octanol–water partition coefficient (Wildman–Crippen LogP) is 1.97. The smallest absolute Gasteiger partial charge is 0.221 e. The molecule has 80 valence electrons. The van der Waals surface area contributed by atoms with E-state index in [0.717, 1.165) is 11.3 Å². The first-order valence-electron chi connectivity index (χ1n) is 4.90. The molecule has 0 aliphatic rings. The lowest BCUT2D eigenvalue weighted by molar-refractivity contribution is -0.117. The average molecular weight is 205 g/mol. The molecule has 0 heterocycles. The van der Waals surface area contributed by atoms with E-state index in [0.29, 0.717) is 6.61 Å². The van der Waals surface area contributed by atoms with Crippen molar-refractivity contribution in [2.45, 2.75) is 13.3 Å². The van der Waals surface area contributed by atoms with E-state index in [4.69, 9.17) is 10.5 Å². The summed E-state index contributed by atoms with van der Waals surface area (Å²) in [5.74, 6) is 0.505. The van der Waals surface area contributed by atoms with Gasteiger partial charge in [0.15, 0.2) is 0 Å². The lowest BCUT2D eigenvalue weighted by Gasteiger charge is -2.02. The van der Waals surface area contributed by atoms with Crippen LogP contribution in [0, 0.1) is 0 Å². The van der Waals surface area contributed by atoms with Crippen LogP contribution in [0.2, 0.25) is 0 Å². The Hall–Kier alpha value is -1.77. The van der Waals surface area contributed by atoms with Crippen LogP contribution >= 0.6 is 0 Å². The van der Waals surface area contributed by atoms with Gasteiger partial charge in [-0.05, 0) is 24.6 Å². The van der Waals surface area contributed by atoms with Gasteiger partial charge in [-0.25, -0.2) is 0 Å². The van der Waals surface area contributed by atoms with Gasteiger partial charge in [0, 0.05) is 6.42 Å². The summed E-state index contributed by atoms with van der Waals surface area (Å²) in [5, 5.41) is 0. The number of hydrogen-bond acceptors (Lipinski definition) is 2. The van der Waals surface area contributed by atoms with Crippen molar-refractivity contribution in [1.29, 1.82) is 0 Å². The number of nitrogens with two attached hydrogens (primary N) is 1. The van der Waals surface area contributed by atoms with Gasteiger partial charge in [0.25, 0.3) is 0 Å². The van der Waals surface area contributed by atoms with Crippen LogP contribution in [0.5, 0.6) is 5.75 Å². The Morgan fingerprint density at radius 2 is 2.33 bits per heavy atom. The van der Waals surface area contributed by atoms with E-state index in [1.165, 1.54) is 0 Å². The number of amides is 1. The Kier molecular flexibility index (Phi) is 4.41. The molecule has 0 bridgehead atoms. The van der Waals surface area contributed by atoms with E-state index in [1.54, 1.807) is 6.08 Å². The number of hydrogen-bond donors (Lipinski definition) is 1. The first-order valence-corrected chi connectivity index (χ1v) is 4.90. The van der Waals surface area contributed by atoms with Crippen LogP contribution in [0.15, 0.2) is 30.3 Å². The molecule has 0 saturated heterocycles. The molecule has 15 heavy (non-hydrogen) atoms. The third-order valence-corrected chi connectivity index (χ3v) is 1.80. The average Bonchev–Trinajstić information content (AvgIpc) is 2.18. The molecule has 1 aromatic carbocycles. The molecule has 1 amide bonds. The molecule has 1 aromatic rings. The molecule has 3 heteroatoms. The van der Waals surface area contributed by atoms with E-state index in [-0.39, 0.29) is 12.3 Å². The van der Waals surface area contributed by atoms with Crippen LogP contribution in [-0.2, 0) is 4.79 Å². The Morgan fingerprint density at radius 1 is 1.53 bits per heavy atom. The zero-order valence-corrected chi connectivity index (χ0v) is 8.77. The number of carbonyl (C=O) groups is 1. The zero-order chi connectivity index (χ0) is 11.1. The van der Waals surface area contributed by atoms with Crippen LogP contribution in [0.1, 0.15) is 18.9 Å². The molecule has 3 nitrogen and oxygen atoms in total. The maximum absolute atomic E-state index is 10.5. The number of rotatable bonds is 5. The highest BCUT2D eigenvalue weighted by molar-refractivity contribution is 5.76. The summed E-state index contributed by atoms with van der Waals surface area (Å²) in [7, 11) is 0. The van der Waals surface area contributed by atoms with Crippen molar-refractivity contribution >= 4 is 12.0 Å². The standard InChI is InChI=1S/C12H15NO2/c1-2-15-11-7-3-5-10(9-11)6-4-8-12(13)14/h3-7,9H,2,8H2,1H3,(H2,13,14). The van der Waals surface area contributed by atoms with Gasteiger partial charge in [-0.3, -0.25) is 4.79 Å². The summed E-state index contributed by atoms with van der Waals surface area (Å²) in [5.41, 5.74) is 6.02. The highest BCUT2D eigenvalue weighted by Crippen LogP contribution is 2.14. The summed E-state index contributed by atoms with van der Waals surface area (Å²) < 4.78 is 5.35. The highest BCUT2D eigenvalue weighted by Gasteiger charge is 1.93. The Balaban J connectivity index is 2.64. The minimum absolute atomic E-state index is 0.263. The van der Waals surface area contributed by atoms with Crippen molar-refractivity contribution in [2.24, 2.45) is 5.73 Å². The van der Waals surface area contributed by atoms with Crippen LogP contribution in [0.3, 0.4) is 0 Å². The summed E-state index contributed by atoms with van der Waals surface area (Å²) in [6.45, 7) is 2.59. The van der Waals surface area contributed by atoms with Gasteiger partial charge in [0.1, 0.15) is 5.75 Å². The highest BCUT2D eigenvalue weighted by atomic mass is 16.5. The molecule has 0 atom stereocenters. The molecule has 0 saturated carbocycles. The normalized spacial score (nSPS) is 10.5. The Labute approximate surface area is 89.5 Å². The second kappa shape index (κ2) is 5.86. The molecule has 2 N–H and O–H groups in total. The topological polar surface area (TPSA) is 52.3 Å². The SMILES string of the molecule is CCOc1cccc(C=CCC(N)=O)c1. The maximum Gasteiger partial charge on any atom is 0.221 e. The van der Waals surface area contributed by atoms with Crippen LogP contribution in [0.4, 0.5) is 0 Å². The minimum atomic E-state index is -0.327. The molecule has 0 aromatic heterocycles. The molecular formula is C12H15NO2. The number of carbonyl (C=O) groups excluding carboxylic acids is 1. The quantitative estimate of drug-likeness (QED) is 0.799. The van der Waals surface area contributed by atoms with Crippen molar-refractivity contribution in [3.05, 3.63) is 35.9 Å². The summed E-state index contributed by atoms with van der Waals surface area (Å²) in [6.07, 6.45) is 3.86. The van der Waals surface area contributed by atoms with E-state index in [2.05, 4.69) is 0 Å². The first kappa shape index (κ1) is 11.3. The minimum Gasteiger partial charge on any atom is -0.494 e. The van der Waals surface area contributed by atoms with E-state index < -0.39 is 0 Å². The maximum atomic E-state index is 10.5. The van der Waals surface area contributed by atoms with Gasteiger partial charge in [-0.1, -0.05) is 24.3 Å². The molecular weight excluding hydrogens is 190 g/mol. The molecule has 0 unspecified atom stereocenters. The Bertz CT molecular complexity index is 358. The fourth-order valence-electron chi connectivity index (χ4n) is 1.19. The van der Waals surface area contributed by atoms with Crippen molar-refractivity contribution in [3.63, 3.8) is 0 Å². The van der Waals surface area contributed by atoms with Gasteiger partial charge in [0.05, 0.1) is 6.61 Å². The van der Waals surface area contributed by atoms with Gasteiger partial charge >= 0.3 is 0 Å². The second-order valence-corrected chi connectivity index (χ2v) is 3.08. The van der Waals surface area contributed by atoms with Crippen LogP contribution < -0.4 is 10.5 Å². The largest absolute Gasteiger partial charge is 0.494 e. The third kappa shape index (κ3) is 4.31.